The molecule has 1 rings (SSSR count). The van der Waals surface area contributed by atoms with Crippen LogP contribution in [0, 0.1) is 6.92 Å². The van der Waals surface area contributed by atoms with Crippen LogP contribution in [-0.2, 0) is 14.8 Å². The highest BCUT2D eigenvalue weighted by Crippen LogP contribution is 2.08. The second-order valence-electron chi connectivity index (χ2n) is 3.26. The van der Waals surface area contributed by atoms with Crippen molar-refractivity contribution in [2.75, 3.05) is 6.61 Å². The molecule has 0 saturated carbocycles. The third kappa shape index (κ3) is 4.04. The highest BCUT2D eigenvalue weighted by atomic mass is 32.2. The van der Waals surface area contributed by atoms with Gasteiger partial charge in [0.1, 0.15) is 0 Å². The van der Waals surface area contributed by atoms with E-state index in [9.17, 15) is 13.2 Å². The third-order valence-electron chi connectivity index (χ3n) is 1.89. The van der Waals surface area contributed by atoms with Crippen molar-refractivity contribution in [2.24, 2.45) is 0 Å². The molecule has 0 unspecified atom stereocenters. The molecule has 7 heteroatoms. The normalized spacial score (nSPS) is 10.9. The summed E-state index contributed by atoms with van der Waals surface area (Å²) in [5.74, 6) is 0. The fourth-order valence-electron chi connectivity index (χ4n) is 1.05. The molecule has 1 amide bonds. The first-order chi connectivity index (χ1) is 7.95. The number of hydrogen-bond acceptors (Lipinski definition) is 4. The largest absolute Gasteiger partial charge is 0.449 e. The van der Waals surface area contributed by atoms with E-state index in [-0.39, 0.29) is 11.5 Å². The molecular weight excluding hydrogens is 244 g/mol. The van der Waals surface area contributed by atoms with Crippen molar-refractivity contribution in [2.45, 2.75) is 18.7 Å². The standard InChI is InChI=1S/C10H14N2O4S/c1-3-16-10(13)11-12-17(14,15)9-6-4-8(2)5-7-9/h4-7,12H,3H2,1-2H3,(H,11,13). The van der Waals surface area contributed by atoms with Gasteiger partial charge in [-0.05, 0) is 26.0 Å². The van der Waals surface area contributed by atoms with E-state index in [0.717, 1.165) is 5.56 Å². The quantitative estimate of drug-likeness (QED) is 0.787. The summed E-state index contributed by atoms with van der Waals surface area (Å²) in [7, 11) is -3.75. The first-order valence-electron chi connectivity index (χ1n) is 4.97. The molecule has 0 radical (unpaired) electrons. The topological polar surface area (TPSA) is 84.5 Å². The van der Waals surface area contributed by atoms with Crippen molar-refractivity contribution < 1.29 is 17.9 Å². The lowest BCUT2D eigenvalue weighted by molar-refractivity contribution is 0.150. The van der Waals surface area contributed by atoms with E-state index >= 15 is 0 Å². The number of carbonyl (C=O) groups excluding carboxylic acids is 1. The lowest BCUT2D eigenvalue weighted by atomic mass is 10.2. The molecule has 0 bridgehead atoms. The van der Waals surface area contributed by atoms with Crippen molar-refractivity contribution >= 4 is 16.1 Å². The Morgan fingerprint density at radius 3 is 2.41 bits per heavy atom. The zero-order valence-electron chi connectivity index (χ0n) is 9.56. The van der Waals surface area contributed by atoms with Crippen LogP contribution < -0.4 is 10.3 Å². The molecule has 0 heterocycles. The lowest BCUT2D eigenvalue weighted by Crippen LogP contribution is -2.41. The van der Waals surface area contributed by atoms with Crippen LogP contribution in [-0.4, -0.2) is 21.1 Å². The Hall–Kier alpha value is -1.60. The summed E-state index contributed by atoms with van der Waals surface area (Å²) in [5.41, 5.74) is 2.88. The SMILES string of the molecule is CCOC(=O)NNS(=O)(=O)c1ccc(C)cc1. The van der Waals surface area contributed by atoms with Crippen molar-refractivity contribution in [3.05, 3.63) is 29.8 Å². The van der Waals surface area contributed by atoms with Crippen LogP contribution in [0.2, 0.25) is 0 Å². The zero-order chi connectivity index (χ0) is 12.9. The molecule has 0 atom stereocenters. The van der Waals surface area contributed by atoms with Gasteiger partial charge < -0.3 is 4.74 Å². The van der Waals surface area contributed by atoms with Gasteiger partial charge >= 0.3 is 6.09 Å². The van der Waals surface area contributed by atoms with Gasteiger partial charge in [0.25, 0.3) is 10.0 Å². The fourth-order valence-corrected chi connectivity index (χ4v) is 1.88. The highest BCUT2D eigenvalue weighted by Gasteiger charge is 2.14. The lowest BCUT2D eigenvalue weighted by Gasteiger charge is -2.08. The Bertz CT molecular complexity index is 482. The molecule has 0 spiro atoms. The van der Waals surface area contributed by atoms with Gasteiger partial charge in [-0.1, -0.05) is 17.7 Å². The Morgan fingerprint density at radius 1 is 1.29 bits per heavy atom. The minimum Gasteiger partial charge on any atom is -0.449 e. The molecule has 0 aliphatic heterocycles. The second kappa shape index (κ2) is 5.65. The van der Waals surface area contributed by atoms with Gasteiger partial charge in [0.2, 0.25) is 0 Å². The van der Waals surface area contributed by atoms with E-state index in [1.807, 2.05) is 17.2 Å². The Kier molecular flexibility index (Phi) is 4.47. The minimum atomic E-state index is -3.75. The Morgan fingerprint density at radius 2 is 1.88 bits per heavy atom. The monoisotopic (exact) mass is 258 g/mol. The first-order valence-corrected chi connectivity index (χ1v) is 6.45. The fraction of sp³-hybridized carbons (Fsp3) is 0.300. The van der Waals surface area contributed by atoms with Crippen LogP contribution in [0.25, 0.3) is 0 Å². The highest BCUT2D eigenvalue weighted by molar-refractivity contribution is 7.89. The van der Waals surface area contributed by atoms with E-state index in [0.29, 0.717) is 0 Å². The number of hydrazine groups is 1. The number of carbonyl (C=O) groups is 1. The maximum absolute atomic E-state index is 11.7. The van der Waals surface area contributed by atoms with Crippen LogP contribution in [0.1, 0.15) is 12.5 Å². The number of aryl methyl sites for hydroxylation is 1. The molecule has 0 aliphatic rings. The minimum absolute atomic E-state index is 0.0694. The molecule has 2 N–H and O–H groups in total. The van der Waals surface area contributed by atoms with Gasteiger partial charge in [0.15, 0.2) is 0 Å². The Balaban J connectivity index is 2.69. The molecule has 1 aromatic rings. The second-order valence-corrected chi connectivity index (χ2v) is 4.95. The average molecular weight is 258 g/mol. The molecule has 1 aromatic carbocycles. The summed E-state index contributed by atoms with van der Waals surface area (Å²) >= 11 is 0. The third-order valence-corrected chi connectivity index (χ3v) is 3.16. The smallest absolute Gasteiger partial charge is 0.422 e. The van der Waals surface area contributed by atoms with E-state index < -0.39 is 16.1 Å². The summed E-state index contributed by atoms with van der Waals surface area (Å²) < 4.78 is 27.9. The molecule has 0 aromatic heterocycles. The van der Waals surface area contributed by atoms with Gasteiger partial charge in [-0.25, -0.2) is 18.6 Å². The molecule has 17 heavy (non-hydrogen) atoms. The van der Waals surface area contributed by atoms with E-state index in [4.69, 9.17) is 0 Å². The summed E-state index contributed by atoms with van der Waals surface area (Å²) in [5, 5.41) is 0. The summed E-state index contributed by atoms with van der Waals surface area (Å²) in [6.45, 7) is 3.63. The first kappa shape index (κ1) is 13.5. The molecule has 0 saturated heterocycles. The molecule has 6 nitrogen and oxygen atoms in total. The van der Waals surface area contributed by atoms with Crippen molar-refractivity contribution in [3.8, 4) is 0 Å². The maximum atomic E-state index is 11.7. The molecular formula is C10H14N2O4S. The average Bonchev–Trinajstić information content (AvgIpc) is 2.28. The van der Waals surface area contributed by atoms with Crippen LogP contribution in [0.15, 0.2) is 29.2 Å². The zero-order valence-corrected chi connectivity index (χ0v) is 10.4. The predicted octanol–water partition coefficient (Wildman–Crippen LogP) is 0.934. The van der Waals surface area contributed by atoms with Crippen LogP contribution in [0.3, 0.4) is 0 Å². The molecule has 0 fully saturated rings. The van der Waals surface area contributed by atoms with Crippen LogP contribution >= 0.6 is 0 Å². The predicted molar refractivity (Wildman–Crippen MR) is 61.7 cm³/mol. The van der Waals surface area contributed by atoms with Crippen molar-refractivity contribution in [1.82, 2.24) is 10.3 Å². The molecule has 94 valence electrons. The number of ether oxygens (including phenoxy) is 1. The number of nitrogens with one attached hydrogen (secondary N) is 2. The maximum Gasteiger partial charge on any atom is 0.422 e. The van der Waals surface area contributed by atoms with E-state index in [2.05, 4.69) is 4.74 Å². The number of hydrogen-bond donors (Lipinski definition) is 2. The van der Waals surface area contributed by atoms with Gasteiger partial charge in [-0.3, -0.25) is 0 Å². The number of amides is 1. The van der Waals surface area contributed by atoms with Gasteiger partial charge in [-0.15, -0.1) is 4.83 Å². The number of sulfonamides is 1. The van der Waals surface area contributed by atoms with E-state index in [1.165, 1.54) is 12.1 Å². The van der Waals surface area contributed by atoms with Crippen LogP contribution in [0.5, 0.6) is 0 Å². The van der Waals surface area contributed by atoms with E-state index in [1.54, 1.807) is 19.1 Å². The van der Waals surface area contributed by atoms with Gasteiger partial charge in [-0.2, -0.15) is 0 Å². The van der Waals surface area contributed by atoms with Gasteiger partial charge in [0.05, 0.1) is 11.5 Å². The van der Waals surface area contributed by atoms with Crippen LogP contribution in [0.4, 0.5) is 4.79 Å². The summed E-state index contributed by atoms with van der Waals surface area (Å²) in [6, 6.07) is 6.23. The number of benzene rings is 1. The van der Waals surface area contributed by atoms with Gasteiger partial charge in [0, 0.05) is 0 Å². The Labute approximate surface area is 100.0 Å². The summed E-state index contributed by atoms with van der Waals surface area (Å²) in [4.78, 5) is 12.9. The number of rotatable bonds is 4. The molecule has 0 aliphatic carbocycles. The van der Waals surface area contributed by atoms with Crippen molar-refractivity contribution in [1.29, 1.82) is 0 Å². The van der Waals surface area contributed by atoms with Crippen molar-refractivity contribution in [3.63, 3.8) is 0 Å². The summed E-state index contributed by atoms with van der Waals surface area (Å²) in [6.07, 6.45) is -0.844.